The second-order valence-corrected chi connectivity index (χ2v) is 9.64. The van der Waals surface area contributed by atoms with E-state index in [1.807, 2.05) is 20.8 Å². The van der Waals surface area contributed by atoms with Crippen LogP contribution in [0.4, 0.5) is 0 Å². The summed E-state index contributed by atoms with van der Waals surface area (Å²) < 4.78 is 8.18. The number of nitrogens with one attached hydrogen (secondary N) is 1. The summed E-state index contributed by atoms with van der Waals surface area (Å²) in [6.07, 6.45) is 5.76. The zero-order valence-corrected chi connectivity index (χ0v) is 20.3. The van der Waals surface area contributed by atoms with Crippen LogP contribution in [-0.4, -0.2) is 27.7 Å². The van der Waals surface area contributed by atoms with Crippen molar-refractivity contribution in [3.05, 3.63) is 55.5 Å². The van der Waals surface area contributed by atoms with Crippen LogP contribution in [0.5, 0.6) is 5.75 Å². The van der Waals surface area contributed by atoms with Crippen molar-refractivity contribution in [3.63, 3.8) is 0 Å². The number of ether oxygens (including phenoxy) is 1. The Labute approximate surface area is 197 Å². The van der Waals surface area contributed by atoms with Gasteiger partial charge in [-0.2, -0.15) is 0 Å². The van der Waals surface area contributed by atoms with Crippen LogP contribution in [0.25, 0.3) is 15.9 Å². The normalized spacial score (nSPS) is 14.5. The number of fused-ring (bicyclic) bond motifs is 3. The van der Waals surface area contributed by atoms with Crippen molar-refractivity contribution >= 4 is 27.5 Å². The molecule has 1 atom stereocenters. The zero-order valence-electron chi connectivity index (χ0n) is 19.5. The number of hydrogen-bond acceptors (Lipinski definition) is 5. The van der Waals surface area contributed by atoms with E-state index in [0.717, 1.165) is 44.1 Å². The monoisotopic (exact) mass is 469 g/mol. The first-order valence-electron chi connectivity index (χ1n) is 11.8. The molecule has 1 N–H and O–H groups in total. The molecule has 8 heteroatoms. The zero-order chi connectivity index (χ0) is 23.5. The van der Waals surface area contributed by atoms with E-state index in [-0.39, 0.29) is 24.1 Å². The highest BCUT2D eigenvalue weighted by Gasteiger charge is 2.24. The summed E-state index contributed by atoms with van der Waals surface area (Å²) in [5.74, 6) is 0.446. The second kappa shape index (κ2) is 9.95. The third-order valence-corrected chi connectivity index (χ3v) is 7.53. The van der Waals surface area contributed by atoms with Gasteiger partial charge in [0.05, 0.1) is 17.7 Å². The minimum atomic E-state index is -0.493. The van der Waals surface area contributed by atoms with Crippen LogP contribution in [-0.2, 0) is 24.2 Å². The average Bonchev–Trinajstić information content (AvgIpc) is 3.00. The van der Waals surface area contributed by atoms with Crippen LogP contribution in [0.3, 0.4) is 0 Å². The van der Waals surface area contributed by atoms with Gasteiger partial charge in [0.2, 0.25) is 5.91 Å². The number of nitrogens with zero attached hydrogens (tertiary/aromatic N) is 2. The average molecular weight is 470 g/mol. The SMILES string of the molecule is CCOc1ccc(-n2c(=O)c3c4c(sc3n(CC(=O)N[C@H](C)CC)c2=O)CCCCC4)cc1. The van der Waals surface area contributed by atoms with E-state index in [2.05, 4.69) is 5.32 Å². The van der Waals surface area contributed by atoms with Gasteiger partial charge in [0.25, 0.3) is 5.56 Å². The number of hydrogen-bond donors (Lipinski definition) is 1. The maximum atomic E-state index is 13.7. The molecule has 0 fully saturated rings. The van der Waals surface area contributed by atoms with E-state index in [9.17, 15) is 14.4 Å². The van der Waals surface area contributed by atoms with Gasteiger partial charge < -0.3 is 10.1 Å². The van der Waals surface area contributed by atoms with Crippen LogP contribution >= 0.6 is 11.3 Å². The summed E-state index contributed by atoms with van der Waals surface area (Å²) in [4.78, 5) is 41.8. The Balaban J connectivity index is 1.92. The number of carbonyl (C=O) groups excluding carboxylic acids is 1. The van der Waals surface area contributed by atoms with Crippen molar-refractivity contribution in [1.29, 1.82) is 0 Å². The van der Waals surface area contributed by atoms with Crippen LogP contribution in [0.15, 0.2) is 33.9 Å². The first-order chi connectivity index (χ1) is 15.9. The highest BCUT2D eigenvalue weighted by Crippen LogP contribution is 2.33. The van der Waals surface area contributed by atoms with E-state index >= 15 is 0 Å². The standard InChI is InChI=1S/C25H31N3O4S/c1-4-16(3)26-21(29)15-27-24-22(19-9-7-6-8-10-20(19)33-24)23(30)28(25(27)31)17-11-13-18(14-12-17)32-5-2/h11-14,16H,4-10,15H2,1-3H3,(H,26,29)/t16-/m1/s1. The van der Waals surface area contributed by atoms with Crippen molar-refractivity contribution < 1.29 is 9.53 Å². The molecule has 0 saturated heterocycles. The van der Waals surface area contributed by atoms with Crippen molar-refractivity contribution in [2.75, 3.05) is 6.61 Å². The Hall–Kier alpha value is -2.87. The summed E-state index contributed by atoms with van der Waals surface area (Å²) in [5, 5.41) is 3.52. The Morgan fingerprint density at radius 3 is 2.55 bits per heavy atom. The Kier molecular flexibility index (Phi) is 7.02. The Bertz CT molecular complexity index is 1270. The number of rotatable bonds is 7. The predicted octanol–water partition coefficient (Wildman–Crippen LogP) is 3.80. The Morgan fingerprint density at radius 1 is 1.12 bits per heavy atom. The summed E-state index contributed by atoms with van der Waals surface area (Å²) in [6.45, 7) is 6.25. The lowest BCUT2D eigenvalue weighted by atomic mass is 10.1. The largest absolute Gasteiger partial charge is 0.494 e. The van der Waals surface area contributed by atoms with E-state index in [0.29, 0.717) is 28.3 Å². The van der Waals surface area contributed by atoms with E-state index in [1.165, 1.54) is 25.3 Å². The van der Waals surface area contributed by atoms with Crippen LogP contribution in [0, 0.1) is 0 Å². The quantitative estimate of drug-likeness (QED) is 0.534. The molecular formula is C25H31N3O4S. The number of aryl methyl sites for hydroxylation is 2. The van der Waals surface area contributed by atoms with Gasteiger partial charge in [0, 0.05) is 10.9 Å². The maximum absolute atomic E-state index is 13.7. The van der Waals surface area contributed by atoms with Gasteiger partial charge >= 0.3 is 5.69 Å². The summed E-state index contributed by atoms with van der Waals surface area (Å²) in [5.41, 5.74) is 0.720. The number of carbonyl (C=O) groups is 1. The first-order valence-corrected chi connectivity index (χ1v) is 12.6. The fourth-order valence-corrected chi connectivity index (χ4v) is 5.71. The van der Waals surface area contributed by atoms with Crippen LogP contribution < -0.4 is 21.3 Å². The molecule has 1 aromatic carbocycles. The third-order valence-electron chi connectivity index (χ3n) is 6.21. The molecule has 1 amide bonds. The minimum Gasteiger partial charge on any atom is -0.494 e. The van der Waals surface area contributed by atoms with E-state index in [4.69, 9.17) is 4.74 Å². The molecule has 0 unspecified atom stereocenters. The van der Waals surface area contributed by atoms with Gasteiger partial charge in [-0.1, -0.05) is 13.3 Å². The molecule has 0 aliphatic heterocycles. The molecular weight excluding hydrogens is 438 g/mol. The van der Waals surface area contributed by atoms with Crippen molar-refractivity contribution in [1.82, 2.24) is 14.5 Å². The molecule has 0 spiro atoms. The molecule has 1 aliphatic carbocycles. The smallest absolute Gasteiger partial charge is 0.337 e. The van der Waals surface area contributed by atoms with Gasteiger partial charge in [-0.15, -0.1) is 11.3 Å². The third kappa shape index (κ3) is 4.62. The van der Waals surface area contributed by atoms with Crippen molar-refractivity contribution in [2.45, 2.75) is 71.9 Å². The second-order valence-electron chi connectivity index (χ2n) is 8.56. The van der Waals surface area contributed by atoms with Gasteiger partial charge in [-0.25, -0.2) is 9.36 Å². The van der Waals surface area contributed by atoms with Crippen molar-refractivity contribution in [3.8, 4) is 11.4 Å². The first kappa shape index (κ1) is 23.3. The number of aromatic nitrogens is 2. The molecule has 176 valence electrons. The predicted molar refractivity (Wildman–Crippen MR) is 132 cm³/mol. The van der Waals surface area contributed by atoms with Gasteiger partial charge in [0.15, 0.2) is 0 Å². The maximum Gasteiger partial charge on any atom is 0.337 e. The van der Waals surface area contributed by atoms with Gasteiger partial charge in [-0.3, -0.25) is 14.2 Å². The van der Waals surface area contributed by atoms with Crippen LogP contribution in [0.1, 0.15) is 56.9 Å². The molecule has 1 aliphatic rings. The molecule has 3 aromatic rings. The fourth-order valence-electron chi connectivity index (χ4n) is 4.34. The molecule has 2 heterocycles. The summed E-state index contributed by atoms with van der Waals surface area (Å²) >= 11 is 1.50. The van der Waals surface area contributed by atoms with Crippen LogP contribution in [0.2, 0.25) is 0 Å². The lowest BCUT2D eigenvalue weighted by molar-refractivity contribution is -0.122. The molecule has 0 radical (unpaired) electrons. The minimum absolute atomic E-state index is 0.0146. The molecule has 0 bridgehead atoms. The lowest BCUT2D eigenvalue weighted by Gasteiger charge is -2.15. The summed E-state index contributed by atoms with van der Waals surface area (Å²) in [7, 11) is 0. The highest BCUT2D eigenvalue weighted by atomic mass is 32.1. The van der Waals surface area contributed by atoms with E-state index in [1.54, 1.807) is 24.3 Å². The highest BCUT2D eigenvalue weighted by molar-refractivity contribution is 7.18. The number of amides is 1. The molecule has 4 rings (SSSR count). The number of thiophene rings is 1. The van der Waals surface area contributed by atoms with Gasteiger partial charge in [-0.05, 0) is 75.8 Å². The van der Waals surface area contributed by atoms with Gasteiger partial charge in [0.1, 0.15) is 17.1 Å². The topological polar surface area (TPSA) is 82.3 Å². The summed E-state index contributed by atoms with van der Waals surface area (Å²) in [6, 6.07) is 6.95. The lowest BCUT2D eigenvalue weighted by Crippen LogP contribution is -2.42. The molecule has 33 heavy (non-hydrogen) atoms. The fraction of sp³-hybridized carbons (Fsp3) is 0.480. The number of benzene rings is 1. The molecule has 2 aromatic heterocycles. The molecule has 7 nitrogen and oxygen atoms in total. The Morgan fingerprint density at radius 2 is 1.85 bits per heavy atom. The molecule has 0 saturated carbocycles. The van der Waals surface area contributed by atoms with E-state index < -0.39 is 5.69 Å². The van der Waals surface area contributed by atoms with Crippen molar-refractivity contribution in [2.24, 2.45) is 0 Å².